The second kappa shape index (κ2) is 7.37. The molecule has 1 aromatic heterocycles. The van der Waals surface area contributed by atoms with Gasteiger partial charge in [0, 0.05) is 6.04 Å². The molecule has 1 saturated heterocycles. The number of aryl methyl sites for hydroxylation is 1. The molecule has 0 bridgehead atoms. The van der Waals surface area contributed by atoms with Gasteiger partial charge in [-0.2, -0.15) is 4.98 Å². The number of hydrogen-bond donors (Lipinski definition) is 1. The Kier molecular flexibility index (Phi) is 5.02. The number of carbonyl (C=O) groups is 1. The van der Waals surface area contributed by atoms with Crippen LogP contribution in [0.15, 0.2) is 34.9 Å². The van der Waals surface area contributed by atoms with Crippen LogP contribution in [0, 0.1) is 0 Å². The number of likely N-dealkylation sites (tertiary alicyclic amines) is 1. The third-order valence-corrected chi connectivity index (χ3v) is 4.38. The summed E-state index contributed by atoms with van der Waals surface area (Å²) in [6.07, 6.45) is 5.80. The lowest BCUT2D eigenvalue weighted by atomic mass is 9.96. The fourth-order valence-corrected chi connectivity index (χ4v) is 3.17. The molecular weight excluding hydrogens is 292 g/mol. The Morgan fingerprint density at radius 2 is 2.13 bits per heavy atom. The molecule has 0 spiro atoms. The topological polar surface area (TPSA) is 85.2 Å². The molecule has 0 aliphatic carbocycles. The Labute approximate surface area is 135 Å². The summed E-state index contributed by atoms with van der Waals surface area (Å²) in [4.78, 5) is 17.5. The molecule has 1 amide bonds. The van der Waals surface area contributed by atoms with E-state index in [-0.39, 0.29) is 5.82 Å². The lowest BCUT2D eigenvalue weighted by molar-refractivity contribution is 0.0987. The number of primary amides is 1. The van der Waals surface area contributed by atoms with Crippen molar-refractivity contribution in [3.63, 3.8) is 0 Å². The summed E-state index contributed by atoms with van der Waals surface area (Å²) in [5.41, 5.74) is 6.53. The first-order valence-corrected chi connectivity index (χ1v) is 8.13. The van der Waals surface area contributed by atoms with E-state index in [0.717, 1.165) is 19.4 Å². The molecule has 1 atom stereocenters. The minimum Gasteiger partial charge on any atom is -0.363 e. The van der Waals surface area contributed by atoms with E-state index in [1.807, 2.05) is 6.07 Å². The fraction of sp³-hybridized carbons (Fsp3) is 0.471. The van der Waals surface area contributed by atoms with Crippen molar-refractivity contribution in [1.29, 1.82) is 0 Å². The van der Waals surface area contributed by atoms with Crippen molar-refractivity contribution in [2.75, 3.05) is 6.54 Å². The van der Waals surface area contributed by atoms with E-state index >= 15 is 0 Å². The first kappa shape index (κ1) is 15.7. The minimum atomic E-state index is -0.653. The summed E-state index contributed by atoms with van der Waals surface area (Å²) in [6.45, 7) is 1.60. The molecule has 1 fully saturated rings. The monoisotopic (exact) mass is 314 g/mol. The van der Waals surface area contributed by atoms with E-state index in [2.05, 4.69) is 39.3 Å². The summed E-state index contributed by atoms with van der Waals surface area (Å²) >= 11 is 0. The van der Waals surface area contributed by atoms with Gasteiger partial charge in [-0.15, -0.1) is 0 Å². The van der Waals surface area contributed by atoms with Gasteiger partial charge in [0.25, 0.3) is 11.7 Å². The molecule has 1 aliphatic rings. The zero-order chi connectivity index (χ0) is 16.1. The number of benzene rings is 1. The van der Waals surface area contributed by atoms with E-state index in [4.69, 9.17) is 10.3 Å². The lowest BCUT2D eigenvalue weighted by Crippen LogP contribution is -2.39. The van der Waals surface area contributed by atoms with Crippen molar-refractivity contribution in [1.82, 2.24) is 15.0 Å². The molecular formula is C17H22N4O2. The average molecular weight is 314 g/mol. The highest BCUT2D eigenvalue weighted by Crippen LogP contribution is 2.23. The number of aromatic nitrogens is 2. The summed E-state index contributed by atoms with van der Waals surface area (Å²) in [6, 6.07) is 11.1. The molecule has 3 rings (SSSR count). The van der Waals surface area contributed by atoms with E-state index in [9.17, 15) is 4.79 Å². The number of amides is 1. The van der Waals surface area contributed by atoms with Gasteiger partial charge in [-0.25, -0.2) is 0 Å². The van der Waals surface area contributed by atoms with Crippen LogP contribution in [0.4, 0.5) is 0 Å². The summed E-state index contributed by atoms with van der Waals surface area (Å²) in [5.74, 6) is -0.234. The third-order valence-electron chi connectivity index (χ3n) is 4.38. The van der Waals surface area contributed by atoms with Crippen LogP contribution in [0.1, 0.15) is 47.8 Å². The zero-order valence-corrected chi connectivity index (χ0v) is 13.1. The number of piperidine rings is 1. The molecule has 6 nitrogen and oxygen atoms in total. The molecule has 122 valence electrons. The van der Waals surface area contributed by atoms with Crippen molar-refractivity contribution in [2.24, 2.45) is 5.73 Å². The van der Waals surface area contributed by atoms with Crippen LogP contribution in [-0.2, 0) is 13.0 Å². The van der Waals surface area contributed by atoms with Crippen LogP contribution in [0.2, 0.25) is 0 Å². The van der Waals surface area contributed by atoms with E-state index in [1.165, 1.54) is 24.8 Å². The SMILES string of the molecule is NC(=O)c1noc(CN2CCCC[C@@H]2CCc2ccccc2)n1. The van der Waals surface area contributed by atoms with Gasteiger partial charge < -0.3 is 10.3 Å². The van der Waals surface area contributed by atoms with Gasteiger partial charge in [-0.3, -0.25) is 9.69 Å². The van der Waals surface area contributed by atoms with Gasteiger partial charge in [-0.05, 0) is 37.8 Å². The summed E-state index contributed by atoms with van der Waals surface area (Å²) in [5, 5.41) is 3.61. The van der Waals surface area contributed by atoms with Crippen molar-refractivity contribution >= 4 is 5.91 Å². The molecule has 0 saturated carbocycles. The quantitative estimate of drug-likeness (QED) is 0.883. The second-order valence-electron chi connectivity index (χ2n) is 6.02. The van der Waals surface area contributed by atoms with Crippen LogP contribution >= 0.6 is 0 Å². The number of rotatable bonds is 6. The highest BCUT2D eigenvalue weighted by Gasteiger charge is 2.24. The van der Waals surface area contributed by atoms with Crippen LogP contribution in [-0.4, -0.2) is 33.5 Å². The standard InChI is InChI=1S/C17H22N4O2/c18-16(22)17-19-15(23-20-17)12-21-11-5-4-8-14(21)10-9-13-6-2-1-3-7-13/h1-3,6-7,14H,4-5,8-12H2,(H2,18,22)/t14-/m1/s1. The van der Waals surface area contributed by atoms with Crippen molar-refractivity contribution in [3.05, 3.63) is 47.6 Å². The summed E-state index contributed by atoms with van der Waals surface area (Å²) in [7, 11) is 0. The van der Waals surface area contributed by atoms with Crippen LogP contribution < -0.4 is 5.73 Å². The number of nitrogens with two attached hydrogens (primary N) is 1. The zero-order valence-electron chi connectivity index (χ0n) is 13.1. The predicted octanol–water partition coefficient (Wildman–Crippen LogP) is 2.16. The van der Waals surface area contributed by atoms with Crippen LogP contribution in [0.3, 0.4) is 0 Å². The third kappa shape index (κ3) is 4.16. The number of carbonyl (C=O) groups excluding carboxylic acids is 1. The Morgan fingerprint density at radius 3 is 2.87 bits per heavy atom. The molecule has 0 unspecified atom stereocenters. The molecule has 0 radical (unpaired) electrons. The van der Waals surface area contributed by atoms with Gasteiger partial charge in [0.05, 0.1) is 6.54 Å². The average Bonchev–Trinajstić information content (AvgIpc) is 3.04. The van der Waals surface area contributed by atoms with Gasteiger partial charge in [-0.1, -0.05) is 41.9 Å². The highest BCUT2D eigenvalue weighted by atomic mass is 16.5. The number of nitrogens with zero attached hydrogens (tertiary/aromatic N) is 3. The van der Waals surface area contributed by atoms with Gasteiger partial charge >= 0.3 is 0 Å². The molecule has 23 heavy (non-hydrogen) atoms. The Balaban J connectivity index is 1.60. The van der Waals surface area contributed by atoms with E-state index < -0.39 is 5.91 Å². The molecule has 1 aliphatic heterocycles. The van der Waals surface area contributed by atoms with E-state index in [0.29, 0.717) is 18.5 Å². The molecule has 2 aromatic rings. The maximum Gasteiger partial charge on any atom is 0.290 e. The van der Waals surface area contributed by atoms with Crippen LogP contribution in [0.25, 0.3) is 0 Å². The smallest absolute Gasteiger partial charge is 0.290 e. The maximum atomic E-state index is 11.1. The highest BCUT2D eigenvalue weighted by molar-refractivity contribution is 5.88. The van der Waals surface area contributed by atoms with Crippen LogP contribution in [0.5, 0.6) is 0 Å². The molecule has 2 heterocycles. The van der Waals surface area contributed by atoms with Crippen molar-refractivity contribution in [3.8, 4) is 0 Å². The minimum absolute atomic E-state index is 0.0437. The summed E-state index contributed by atoms with van der Waals surface area (Å²) < 4.78 is 5.14. The Hall–Kier alpha value is -2.21. The number of hydrogen-bond acceptors (Lipinski definition) is 5. The Bertz CT molecular complexity index is 641. The Morgan fingerprint density at radius 1 is 1.30 bits per heavy atom. The van der Waals surface area contributed by atoms with E-state index in [1.54, 1.807) is 0 Å². The second-order valence-corrected chi connectivity index (χ2v) is 6.02. The largest absolute Gasteiger partial charge is 0.363 e. The van der Waals surface area contributed by atoms with Gasteiger partial charge in [0.15, 0.2) is 0 Å². The van der Waals surface area contributed by atoms with Gasteiger partial charge in [0.1, 0.15) is 0 Å². The normalized spacial score (nSPS) is 18.9. The molecule has 1 aromatic carbocycles. The predicted molar refractivity (Wildman–Crippen MR) is 85.6 cm³/mol. The maximum absolute atomic E-state index is 11.1. The van der Waals surface area contributed by atoms with Crippen molar-refractivity contribution in [2.45, 2.75) is 44.7 Å². The first-order chi connectivity index (χ1) is 11.2. The lowest BCUT2D eigenvalue weighted by Gasteiger charge is -2.34. The first-order valence-electron chi connectivity index (χ1n) is 8.13. The van der Waals surface area contributed by atoms with Crippen molar-refractivity contribution < 1.29 is 9.32 Å². The fourth-order valence-electron chi connectivity index (χ4n) is 3.17. The van der Waals surface area contributed by atoms with Gasteiger partial charge in [0.2, 0.25) is 5.89 Å². The molecule has 6 heteroatoms. The molecule has 2 N–H and O–H groups in total.